The topological polar surface area (TPSA) is 12.9 Å². The maximum Gasteiger partial charge on any atom is 0.148 e. The summed E-state index contributed by atoms with van der Waals surface area (Å²) in [6.45, 7) is 0. The highest BCUT2D eigenvalue weighted by Gasteiger charge is 2.05. The quantitative estimate of drug-likeness (QED) is 0.619. The maximum atomic E-state index is 12.5. The van der Waals surface area contributed by atoms with Crippen molar-refractivity contribution in [1.29, 1.82) is 0 Å². The van der Waals surface area contributed by atoms with Crippen molar-refractivity contribution in [1.82, 2.24) is 4.98 Å². The van der Waals surface area contributed by atoms with Gasteiger partial charge in [0.2, 0.25) is 0 Å². The van der Waals surface area contributed by atoms with E-state index >= 15 is 0 Å². The SMILES string of the molecule is Fc1cncc(F)c1CS. The van der Waals surface area contributed by atoms with E-state index in [2.05, 4.69) is 17.6 Å². The number of halogens is 2. The second-order valence-corrected chi connectivity index (χ2v) is 2.06. The van der Waals surface area contributed by atoms with Crippen molar-refractivity contribution in [3.63, 3.8) is 0 Å². The maximum absolute atomic E-state index is 12.5. The molecular formula is C6H5F2NS. The third kappa shape index (κ3) is 1.26. The summed E-state index contributed by atoms with van der Waals surface area (Å²) in [6, 6.07) is 0. The fraction of sp³-hybridized carbons (Fsp3) is 0.167. The Kier molecular flexibility index (Phi) is 2.21. The predicted molar refractivity (Wildman–Crippen MR) is 36.8 cm³/mol. The zero-order valence-electron chi connectivity index (χ0n) is 5.01. The number of hydrogen-bond donors (Lipinski definition) is 1. The zero-order valence-corrected chi connectivity index (χ0v) is 5.91. The molecule has 0 atom stereocenters. The van der Waals surface area contributed by atoms with Crippen LogP contribution in [0.4, 0.5) is 8.78 Å². The Morgan fingerprint density at radius 3 is 2.10 bits per heavy atom. The highest BCUT2D eigenvalue weighted by molar-refractivity contribution is 7.79. The fourth-order valence-electron chi connectivity index (χ4n) is 0.589. The van der Waals surface area contributed by atoms with E-state index in [1.165, 1.54) is 0 Å². The molecule has 0 bridgehead atoms. The number of nitrogens with zero attached hydrogens (tertiary/aromatic N) is 1. The summed E-state index contributed by atoms with van der Waals surface area (Å²) < 4.78 is 25.0. The first-order chi connectivity index (χ1) is 4.75. The van der Waals surface area contributed by atoms with E-state index in [0.717, 1.165) is 12.4 Å². The number of pyridine rings is 1. The molecule has 54 valence electrons. The van der Waals surface area contributed by atoms with Crippen molar-refractivity contribution in [2.24, 2.45) is 0 Å². The lowest BCUT2D eigenvalue weighted by Gasteiger charge is -1.97. The normalized spacial score (nSPS) is 9.90. The summed E-state index contributed by atoms with van der Waals surface area (Å²) in [7, 11) is 0. The van der Waals surface area contributed by atoms with Gasteiger partial charge in [-0.3, -0.25) is 4.98 Å². The summed E-state index contributed by atoms with van der Waals surface area (Å²) in [5.41, 5.74) is -0.0293. The molecule has 0 saturated carbocycles. The molecule has 1 heterocycles. The van der Waals surface area contributed by atoms with Gasteiger partial charge < -0.3 is 0 Å². The molecule has 1 nitrogen and oxygen atoms in total. The molecule has 10 heavy (non-hydrogen) atoms. The first-order valence-corrected chi connectivity index (χ1v) is 3.27. The van der Waals surface area contributed by atoms with Crippen molar-refractivity contribution < 1.29 is 8.78 Å². The predicted octanol–water partition coefficient (Wildman–Crippen LogP) is 1.79. The molecule has 0 aliphatic heterocycles. The third-order valence-corrected chi connectivity index (χ3v) is 1.43. The molecule has 0 fully saturated rings. The first kappa shape index (κ1) is 7.47. The number of thiol groups is 1. The molecule has 0 spiro atoms. The van der Waals surface area contributed by atoms with Gasteiger partial charge in [-0.2, -0.15) is 12.6 Å². The molecule has 0 amide bonds. The van der Waals surface area contributed by atoms with Crippen LogP contribution in [0.5, 0.6) is 0 Å². The average molecular weight is 161 g/mol. The van der Waals surface area contributed by atoms with Gasteiger partial charge in [0.25, 0.3) is 0 Å². The molecule has 0 aromatic carbocycles. The Morgan fingerprint density at radius 1 is 1.30 bits per heavy atom. The Morgan fingerprint density at radius 2 is 1.80 bits per heavy atom. The standard InChI is InChI=1S/C6H5F2NS/c7-5-1-9-2-6(8)4(5)3-10/h1-2,10H,3H2. The molecule has 0 radical (unpaired) electrons. The number of aromatic nitrogens is 1. The highest BCUT2D eigenvalue weighted by atomic mass is 32.1. The minimum atomic E-state index is -0.644. The summed E-state index contributed by atoms with van der Waals surface area (Å²) >= 11 is 3.74. The van der Waals surface area contributed by atoms with Crippen LogP contribution in [0.15, 0.2) is 12.4 Å². The Hall–Kier alpha value is -0.640. The van der Waals surface area contributed by atoms with E-state index in [9.17, 15) is 8.78 Å². The first-order valence-electron chi connectivity index (χ1n) is 2.64. The van der Waals surface area contributed by atoms with E-state index in [-0.39, 0.29) is 11.3 Å². The molecule has 1 aromatic heterocycles. The third-order valence-electron chi connectivity index (χ3n) is 1.11. The minimum absolute atomic E-state index is 0.0293. The van der Waals surface area contributed by atoms with Crippen molar-refractivity contribution in [2.45, 2.75) is 5.75 Å². The van der Waals surface area contributed by atoms with Gasteiger partial charge in [-0.15, -0.1) is 0 Å². The summed E-state index contributed by atoms with van der Waals surface area (Å²) in [5.74, 6) is -1.23. The zero-order chi connectivity index (χ0) is 7.56. The fourth-order valence-corrected chi connectivity index (χ4v) is 0.891. The summed E-state index contributed by atoms with van der Waals surface area (Å²) in [6.07, 6.45) is 1.93. The Balaban J connectivity index is 3.17. The molecule has 0 unspecified atom stereocenters. The second kappa shape index (κ2) is 2.96. The lowest BCUT2D eigenvalue weighted by Crippen LogP contribution is -1.92. The largest absolute Gasteiger partial charge is 0.259 e. The molecule has 0 saturated heterocycles. The van der Waals surface area contributed by atoms with Crippen LogP contribution in [-0.2, 0) is 5.75 Å². The van der Waals surface area contributed by atoms with E-state index in [4.69, 9.17) is 0 Å². The molecule has 1 rings (SSSR count). The minimum Gasteiger partial charge on any atom is -0.259 e. The van der Waals surface area contributed by atoms with Crippen LogP contribution in [0.3, 0.4) is 0 Å². The van der Waals surface area contributed by atoms with E-state index in [0.29, 0.717) is 0 Å². The summed E-state index contributed by atoms with van der Waals surface area (Å²) in [4.78, 5) is 3.31. The van der Waals surface area contributed by atoms with Crippen molar-refractivity contribution in [3.8, 4) is 0 Å². The molecular weight excluding hydrogens is 156 g/mol. The van der Waals surface area contributed by atoms with Crippen LogP contribution in [0.2, 0.25) is 0 Å². The van der Waals surface area contributed by atoms with Crippen LogP contribution in [0.25, 0.3) is 0 Å². The van der Waals surface area contributed by atoms with Crippen LogP contribution in [0.1, 0.15) is 5.56 Å². The molecule has 0 N–H and O–H groups in total. The Bertz CT molecular complexity index is 219. The van der Waals surface area contributed by atoms with Gasteiger partial charge in [0, 0.05) is 11.3 Å². The van der Waals surface area contributed by atoms with Gasteiger partial charge in [0.05, 0.1) is 12.4 Å². The lowest BCUT2D eigenvalue weighted by atomic mass is 10.3. The number of hydrogen-bond acceptors (Lipinski definition) is 2. The van der Waals surface area contributed by atoms with Gasteiger partial charge in [-0.05, 0) is 0 Å². The Labute approximate surface area is 62.5 Å². The average Bonchev–Trinajstić information content (AvgIpc) is 1.88. The summed E-state index contributed by atoms with van der Waals surface area (Å²) in [5, 5.41) is 0. The smallest absolute Gasteiger partial charge is 0.148 e. The van der Waals surface area contributed by atoms with Gasteiger partial charge in [0.1, 0.15) is 11.6 Å². The van der Waals surface area contributed by atoms with Gasteiger partial charge in [0.15, 0.2) is 0 Å². The lowest BCUT2D eigenvalue weighted by molar-refractivity contribution is 0.556. The van der Waals surface area contributed by atoms with Gasteiger partial charge in [-0.25, -0.2) is 8.78 Å². The molecule has 4 heteroatoms. The van der Waals surface area contributed by atoms with Crippen LogP contribution in [-0.4, -0.2) is 4.98 Å². The van der Waals surface area contributed by atoms with Crippen LogP contribution in [0, 0.1) is 11.6 Å². The van der Waals surface area contributed by atoms with Crippen molar-refractivity contribution in [3.05, 3.63) is 29.6 Å². The second-order valence-electron chi connectivity index (χ2n) is 1.74. The molecule has 0 aliphatic rings. The highest BCUT2D eigenvalue weighted by Crippen LogP contribution is 2.11. The van der Waals surface area contributed by atoms with E-state index in [1.54, 1.807) is 0 Å². The molecule has 1 aromatic rings. The van der Waals surface area contributed by atoms with Gasteiger partial charge >= 0.3 is 0 Å². The van der Waals surface area contributed by atoms with Crippen molar-refractivity contribution in [2.75, 3.05) is 0 Å². The molecule has 0 aliphatic carbocycles. The van der Waals surface area contributed by atoms with Crippen LogP contribution < -0.4 is 0 Å². The van der Waals surface area contributed by atoms with Crippen LogP contribution >= 0.6 is 12.6 Å². The van der Waals surface area contributed by atoms with Crippen molar-refractivity contribution >= 4 is 12.6 Å². The van der Waals surface area contributed by atoms with Gasteiger partial charge in [-0.1, -0.05) is 0 Å². The monoisotopic (exact) mass is 161 g/mol. The van der Waals surface area contributed by atoms with E-state index in [1.807, 2.05) is 0 Å². The van der Waals surface area contributed by atoms with E-state index < -0.39 is 11.6 Å². The number of rotatable bonds is 1.